The fraction of sp³-hybridized carbons (Fsp3) is 0.114. The Bertz CT molecular complexity index is 2490. The Balaban J connectivity index is 1.31. The number of imidazole rings is 1. The van der Waals surface area contributed by atoms with E-state index in [0.29, 0.717) is 11.4 Å². The molecule has 0 bridgehead atoms. The zero-order valence-electron chi connectivity index (χ0n) is 28.0. The second kappa shape index (κ2) is 11.9. The monoisotopic (exact) mass is 636 g/mol. The molecule has 238 valence electrons. The van der Waals surface area contributed by atoms with Crippen molar-refractivity contribution in [2.45, 2.75) is 33.1 Å². The van der Waals surface area contributed by atoms with Crippen molar-refractivity contribution in [3.63, 3.8) is 0 Å². The van der Waals surface area contributed by atoms with Crippen LogP contribution in [0.2, 0.25) is 0 Å². The lowest BCUT2D eigenvalue weighted by molar-refractivity contribution is 0.476. The van der Waals surface area contributed by atoms with Crippen molar-refractivity contribution in [2.24, 2.45) is 0 Å². The summed E-state index contributed by atoms with van der Waals surface area (Å²) in [6.07, 6.45) is 3.69. The van der Waals surface area contributed by atoms with E-state index in [0.717, 1.165) is 66.7 Å². The number of aryl methyl sites for hydroxylation is 1. The van der Waals surface area contributed by atoms with Crippen LogP contribution in [0.4, 0.5) is 0 Å². The van der Waals surface area contributed by atoms with E-state index in [4.69, 9.17) is 9.97 Å². The van der Waals surface area contributed by atoms with Gasteiger partial charge in [0.1, 0.15) is 11.6 Å². The number of benzene rings is 5. The molecule has 0 aliphatic carbocycles. The molecule has 0 unspecified atom stereocenters. The van der Waals surface area contributed by atoms with Gasteiger partial charge in [0, 0.05) is 40.2 Å². The fourth-order valence-electron chi connectivity index (χ4n) is 6.72. The number of nitrogens with zero attached hydrogens (tertiary/aromatic N) is 4. The maximum atomic E-state index is 11.1. The predicted octanol–water partition coefficient (Wildman–Crippen LogP) is 10.9. The van der Waals surface area contributed by atoms with Gasteiger partial charge in [-0.2, -0.15) is 0 Å². The zero-order valence-corrected chi connectivity index (χ0v) is 28.0. The minimum atomic E-state index is 0.0327. The van der Waals surface area contributed by atoms with Crippen molar-refractivity contribution in [3.05, 3.63) is 151 Å². The van der Waals surface area contributed by atoms with E-state index in [1.807, 2.05) is 55.7 Å². The molecule has 8 aromatic rings. The van der Waals surface area contributed by atoms with E-state index >= 15 is 0 Å². The average Bonchev–Trinajstić information content (AvgIpc) is 3.52. The topological polar surface area (TPSA) is 63.8 Å². The lowest BCUT2D eigenvalue weighted by atomic mass is 9.87. The summed E-state index contributed by atoms with van der Waals surface area (Å²) >= 11 is 0. The Morgan fingerprint density at radius 2 is 1.33 bits per heavy atom. The van der Waals surface area contributed by atoms with Gasteiger partial charge in [0.05, 0.1) is 27.8 Å². The van der Waals surface area contributed by atoms with Crippen LogP contribution in [0.3, 0.4) is 0 Å². The Kier molecular flexibility index (Phi) is 7.33. The molecule has 5 nitrogen and oxygen atoms in total. The molecule has 0 atom stereocenters. The molecular formula is C44H36N4O. The second-order valence-corrected chi connectivity index (χ2v) is 13.6. The van der Waals surface area contributed by atoms with Gasteiger partial charge in [-0.3, -0.25) is 14.5 Å². The van der Waals surface area contributed by atoms with Crippen molar-refractivity contribution < 1.29 is 5.11 Å². The molecule has 0 spiro atoms. The number of para-hydroxylation sites is 2. The van der Waals surface area contributed by atoms with Gasteiger partial charge in [-0.15, -0.1) is 0 Å². The number of aromatic nitrogens is 4. The fourth-order valence-corrected chi connectivity index (χ4v) is 6.72. The molecule has 1 N–H and O–H groups in total. The molecule has 0 radical (unpaired) electrons. The third-order valence-corrected chi connectivity index (χ3v) is 9.27. The van der Waals surface area contributed by atoms with Crippen molar-refractivity contribution in [3.8, 4) is 56.3 Å². The van der Waals surface area contributed by atoms with Crippen LogP contribution in [-0.2, 0) is 5.41 Å². The van der Waals surface area contributed by atoms with E-state index in [1.54, 1.807) is 6.07 Å². The quantitative estimate of drug-likeness (QED) is 0.204. The van der Waals surface area contributed by atoms with Gasteiger partial charge in [0.25, 0.3) is 0 Å². The van der Waals surface area contributed by atoms with E-state index in [9.17, 15) is 5.11 Å². The van der Waals surface area contributed by atoms with Gasteiger partial charge >= 0.3 is 0 Å². The lowest BCUT2D eigenvalue weighted by Crippen LogP contribution is -2.11. The first-order valence-electron chi connectivity index (χ1n) is 16.6. The van der Waals surface area contributed by atoms with Crippen LogP contribution in [0.1, 0.15) is 31.9 Å². The van der Waals surface area contributed by atoms with Gasteiger partial charge < -0.3 is 5.11 Å². The summed E-state index contributed by atoms with van der Waals surface area (Å²) in [6.45, 7) is 8.70. The SMILES string of the molecule is Cc1ccc(O)c(-c2nc3c(-c4cccc(-c5cccc6c(-c7ccccn7)ccnc56)c4)cccc3n2-c2ccc(C(C)(C)C)cc2)c1. The first-order chi connectivity index (χ1) is 23.8. The Morgan fingerprint density at radius 1 is 0.592 bits per heavy atom. The van der Waals surface area contributed by atoms with Gasteiger partial charge in [-0.05, 0) is 83.6 Å². The van der Waals surface area contributed by atoms with Crippen molar-refractivity contribution in [1.82, 2.24) is 19.5 Å². The highest BCUT2D eigenvalue weighted by molar-refractivity contribution is 6.02. The summed E-state index contributed by atoms with van der Waals surface area (Å²) in [5, 5.41) is 12.2. The normalized spacial score (nSPS) is 11.8. The van der Waals surface area contributed by atoms with Crippen LogP contribution in [0.5, 0.6) is 5.75 Å². The van der Waals surface area contributed by atoms with Crippen LogP contribution in [0.25, 0.3) is 72.5 Å². The molecule has 0 saturated heterocycles. The molecular weight excluding hydrogens is 601 g/mol. The van der Waals surface area contributed by atoms with Gasteiger partial charge in [-0.1, -0.05) is 99.1 Å². The van der Waals surface area contributed by atoms with Gasteiger partial charge in [0.15, 0.2) is 0 Å². The van der Waals surface area contributed by atoms with Crippen LogP contribution in [0.15, 0.2) is 140 Å². The second-order valence-electron chi connectivity index (χ2n) is 13.6. The maximum absolute atomic E-state index is 11.1. The molecule has 3 aromatic heterocycles. The maximum Gasteiger partial charge on any atom is 0.149 e. The molecule has 49 heavy (non-hydrogen) atoms. The third kappa shape index (κ3) is 5.43. The van der Waals surface area contributed by atoms with Gasteiger partial charge in [0.2, 0.25) is 0 Å². The zero-order chi connectivity index (χ0) is 33.7. The van der Waals surface area contributed by atoms with Crippen molar-refractivity contribution in [1.29, 1.82) is 0 Å². The first-order valence-corrected chi connectivity index (χ1v) is 16.6. The predicted molar refractivity (Wildman–Crippen MR) is 201 cm³/mol. The van der Waals surface area contributed by atoms with E-state index in [2.05, 4.69) is 115 Å². The van der Waals surface area contributed by atoms with E-state index < -0.39 is 0 Å². The number of hydrogen-bond donors (Lipinski definition) is 1. The van der Waals surface area contributed by atoms with Crippen LogP contribution in [-0.4, -0.2) is 24.6 Å². The highest BCUT2D eigenvalue weighted by Gasteiger charge is 2.21. The standard InChI is InChI=1S/C44H36N4O/c1-28-17-22-40(49)37(26-28)43-47-42-34(13-9-16-39(42)48(43)32-20-18-31(19-21-32)44(2,3)4)30-11-7-10-29(27-30)33-12-8-14-36-35(23-25-46-41(33)36)38-15-5-6-24-45-38/h5-27,49H,1-4H3. The summed E-state index contributed by atoms with van der Waals surface area (Å²) in [5.74, 6) is 0.897. The van der Waals surface area contributed by atoms with Crippen LogP contribution >= 0.6 is 0 Å². The molecule has 3 heterocycles. The molecule has 8 rings (SSSR count). The number of hydrogen-bond acceptors (Lipinski definition) is 4. The lowest BCUT2D eigenvalue weighted by Gasteiger charge is -2.20. The minimum absolute atomic E-state index is 0.0327. The van der Waals surface area contributed by atoms with E-state index in [-0.39, 0.29) is 11.2 Å². The summed E-state index contributed by atoms with van der Waals surface area (Å²) in [4.78, 5) is 14.7. The third-order valence-electron chi connectivity index (χ3n) is 9.27. The number of phenolic OH excluding ortho intramolecular Hbond substituents is 1. The smallest absolute Gasteiger partial charge is 0.149 e. The number of rotatable bonds is 5. The average molecular weight is 637 g/mol. The van der Waals surface area contributed by atoms with Crippen LogP contribution in [0, 0.1) is 6.92 Å². The highest BCUT2D eigenvalue weighted by atomic mass is 16.3. The molecule has 0 amide bonds. The minimum Gasteiger partial charge on any atom is -0.507 e. The largest absolute Gasteiger partial charge is 0.507 e. The molecule has 5 aromatic carbocycles. The van der Waals surface area contributed by atoms with Crippen LogP contribution < -0.4 is 0 Å². The first kappa shape index (κ1) is 30.3. The molecule has 0 saturated carbocycles. The molecule has 0 aliphatic rings. The molecule has 0 aliphatic heterocycles. The highest BCUT2D eigenvalue weighted by Crippen LogP contribution is 2.40. The summed E-state index contributed by atoms with van der Waals surface area (Å²) in [5.41, 5.74) is 13.0. The summed E-state index contributed by atoms with van der Waals surface area (Å²) in [7, 11) is 0. The number of pyridine rings is 2. The summed E-state index contributed by atoms with van der Waals surface area (Å²) < 4.78 is 2.16. The van der Waals surface area contributed by atoms with E-state index in [1.165, 1.54) is 5.56 Å². The summed E-state index contributed by atoms with van der Waals surface area (Å²) in [6, 6.07) is 43.6. The van der Waals surface area contributed by atoms with Crippen molar-refractivity contribution in [2.75, 3.05) is 0 Å². The Hall–Kier alpha value is -6.07. The van der Waals surface area contributed by atoms with Gasteiger partial charge in [-0.25, -0.2) is 4.98 Å². The Morgan fingerprint density at radius 3 is 2.06 bits per heavy atom. The number of aromatic hydroxyl groups is 1. The van der Waals surface area contributed by atoms with Crippen molar-refractivity contribution >= 4 is 21.9 Å². The number of fused-ring (bicyclic) bond motifs is 2. The molecule has 0 fully saturated rings. The number of phenols is 1. The molecule has 5 heteroatoms. The Labute approximate surface area is 286 Å².